The van der Waals surface area contributed by atoms with Crippen LogP contribution in [0, 0.1) is 0 Å². The van der Waals surface area contributed by atoms with Gasteiger partial charge in [0, 0.05) is 6.42 Å². The molecule has 0 aliphatic rings. The third kappa shape index (κ3) is 58.2. The quantitative estimate of drug-likeness (QED) is 0.0420. The van der Waals surface area contributed by atoms with Crippen LogP contribution in [-0.2, 0) is 4.79 Å². The Labute approximate surface area is 449 Å². The molecule has 0 aliphatic heterocycles. The lowest BCUT2D eigenvalue weighted by Gasteiger charge is -2.22. The average molecular weight is 1000 g/mol. The minimum absolute atomic E-state index is 0.0360. The molecule has 0 heterocycles. The van der Waals surface area contributed by atoms with Gasteiger partial charge in [0.1, 0.15) is 0 Å². The van der Waals surface area contributed by atoms with Crippen molar-refractivity contribution in [1.82, 2.24) is 5.32 Å². The molecule has 416 valence electrons. The highest BCUT2D eigenvalue weighted by Gasteiger charge is 2.20. The van der Waals surface area contributed by atoms with Crippen LogP contribution in [0.4, 0.5) is 0 Å². The number of hydrogen-bond donors (Lipinski definition) is 3. The molecule has 0 aliphatic carbocycles. The summed E-state index contributed by atoms with van der Waals surface area (Å²) in [6, 6.07) is -0.546. The monoisotopic (exact) mass is 1000 g/mol. The second-order valence-electron chi connectivity index (χ2n) is 21.1. The molecule has 0 bridgehead atoms. The highest BCUT2D eigenvalue weighted by molar-refractivity contribution is 5.76. The summed E-state index contributed by atoms with van der Waals surface area (Å²) in [5, 5.41) is 23.4. The van der Waals surface area contributed by atoms with Crippen LogP contribution < -0.4 is 5.32 Å². The van der Waals surface area contributed by atoms with Gasteiger partial charge in [-0.1, -0.05) is 323 Å². The van der Waals surface area contributed by atoms with Gasteiger partial charge in [-0.05, 0) is 77.0 Å². The molecule has 0 aromatic heterocycles. The van der Waals surface area contributed by atoms with Crippen LogP contribution in [0.3, 0.4) is 0 Å². The van der Waals surface area contributed by atoms with E-state index in [-0.39, 0.29) is 12.5 Å². The predicted octanol–water partition coefficient (Wildman–Crippen LogP) is 21.3. The van der Waals surface area contributed by atoms with Gasteiger partial charge in [-0.25, -0.2) is 0 Å². The van der Waals surface area contributed by atoms with Crippen molar-refractivity contribution >= 4 is 5.91 Å². The topological polar surface area (TPSA) is 69.6 Å². The largest absolute Gasteiger partial charge is 0.394 e. The summed E-state index contributed by atoms with van der Waals surface area (Å²) in [4.78, 5) is 12.5. The Morgan fingerprint density at radius 1 is 0.347 bits per heavy atom. The highest BCUT2D eigenvalue weighted by Crippen LogP contribution is 2.18. The number of allylic oxidation sites excluding steroid dienone is 16. The van der Waals surface area contributed by atoms with Crippen LogP contribution in [0.25, 0.3) is 0 Å². The molecule has 4 heteroatoms. The predicted molar refractivity (Wildman–Crippen MR) is 322 cm³/mol. The van der Waals surface area contributed by atoms with Gasteiger partial charge in [0.2, 0.25) is 5.91 Å². The van der Waals surface area contributed by atoms with Gasteiger partial charge in [0.15, 0.2) is 0 Å². The molecule has 3 N–H and O–H groups in total. The van der Waals surface area contributed by atoms with Crippen LogP contribution in [-0.4, -0.2) is 34.9 Å². The van der Waals surface area contributed by atoms with Crippen molar-refractivity contribution < 1.29 is 15.0 Å². The third-order valence-corrected chi connectivity index (χ3v) is 14.1. The van der Waals surface area contributed by atoms with E-state index in [4.69, 9.17) is 0 Å². The van der Waals surface area contributed by atoms with Crippen LogP contribution >= 0.6 is 0 Å². The number of nitrogens with one attached hydrogen (secondary N) is 1. The maximum Gasteiger partial charge on any atom is 0.220 e. The van der Waals surface area contributed by atoms with Crippen LogP contribution in [0.15, 0.2) is 97.2 Å². The minimum Gasteiger partial charge on any atom is -0.394 e. The molecule has 2 unspecified atom stereocenters. The minimum atomic E-state index is -0.669. The molecule has 0 aromatic carbocycles. The standard InChI is InChI=1S/C68H121NO3/c1-3-5-7-9-11-13-15-17-19-21-23-25-27-29-30-31-32-33-34-35-36-37-38-40-42-44-46-48-50-52-54-56-58-60-62-64-68(72)69-66(65-70)67(71)63-61-59-57-55-53-51-49-47-45-43-41-39-28-26-24-22-20-18-16-14-12-10-8-6-4-2/h5,7,11,13,17,19,23,25,29-30,32-33,35-36,38,40,66-67,70-71H,3-4,6,8-10,12,14-16,18,20-22,24,26-28,31,34,37,39,41-65H2,1-2H3,(H,69,72)/b7-5-,13-11-,19-17-,25-23-,30-29-,33-32-,36-35-,40-38-. The van der Waals surface area contributed by atoms with Crippen LogP contribution in [0.1, 0.15) is 309 Å². The molecular formula is C68H121NO3. The molecule has 0 saturated heterocycles. The Bertz CT molecular complexity index is 1320. The lowest BCUT2D eigenvalue weighted by Crippen LogP contribution is -2.45. The number of aliphatic hydroxyl groups excluding tert-OH is 2. The summed E-state index contributed by atoms with van der Waals surface area (Å²) < 4.78 is 0. The van der Waals surface area contributed by atoms with Gasteiger partial charge in [0.25, 0.3) is 0 Å². The molecular weight excluding hydrogens is 879 g/mol. The fourth-order valence-corrected chi connectivity index (χ4v) is 9.38. The van der Waals surface area contributed by atoms with E-state index >= 15 is 0 Å². The first-order valence-corrected chi connectivity index (χ1v) is 31.4. The molecule has 0 radical (unpaired) electrons. The van der Waals surface area contributed by atoms with E-state index in [0.29, 0.717) is 12.8 Å². The number of carbonyl (C=O) groups is 1. The van der Waals surface area contributed by atoms with Crippen molar-refractivity contribution in [3.8, 4) is 0 Å². The second-order valence-corrected chi connectivity index (χ2v) is 21.1. The Morgan fingerprint density at radius 2 is 0.611 bits per heavy atom. The maximum atomic E-state index is 12.5. The van der Waals surface area contributed by atoms with Crippen LogP contribution in [0.5, 0.6) is 0 Å². The molecule has 0 fully saturated rings. The molecule has 72 heavy (non-hydrogen) atoms. The summed E-state index contributed by atoms with van der Waals surface area (Å²) in [7, 11) is 0. The number of aliphatic hydroxyl groups is 2. The Kier molecular flexibility index (Phi) is 60.3. The van der Waals surface area contributed by atoms with Gasteiger partial charge in [-0.2, -0.15) is 0 Å². The van der Waals surface area contributed by atoms with Crippen molar-refractivity contribution in [3.05, 3.63) is 97.2 Å². The summed E-state index contributed by atoms with van der Waals surface area (Å²) in [5.74, 6) is -0.0360. The fourth-order valence-electron chi connectivity index (χ4n) is 9.38. The van der Waals surface area contributed by atoms with E-state index in [1.54, 1.807) is 0 Å². The average Bonchev–Trinajstić information content (AvgIpc) is 3.39. The normalized spacial score (nSPS) is 13.4. The van der Waals surface area contributed by atoms with Gasteiger partial charge in [-0.15, -0.1) is 0 Å². The number of amides is 1. The van der Waals surface area contributed by atoms with E-state index in [9.17, 15) is 15.0 Å². The van der Waals surface area contributed by atoms with E-state index in [2.05, 4.69) is 116 Å². The van der Waals surface area contributed by atoms with Crippen molar-refractivity contribution in [2.45, 2.75) is 321 Å². The fraction of sp³-hybridized carbons (Fsp3) is 0.750. The molecule has 0 saturated carbocycles. The zero-order chi connectivity index (χ0) is 52.0. The van der Waals surface area contributed by atoms with E-state index < -0.39 is 12.1 Å². The van der Waals surface area contributed by atoms with Crippen molar-refractivity contribution in [3.63, 3.8) is 0 Å². The first-order valence-electron chi connectivity index (χ1n) is 31.4. The number of unbranched alkanes of at least 4 members (excludes halogenated alkanes) is 34. The first-order chi connectivity index (χ1) is 35.7. The van der Waals surface area contributed by atoms with E-state index in [1.807, 2.05) is 0 Å². The van der Waals surface area contributed by atoms with Gasteiger partial charge < -0.3 is 15.5 Å². The summed E-state index contributed by atoms with van der Waals surface area (Å²) in [6.07, 6.45) is 92.7. The van der Waals surface area contributed by atoms with E-state index in [0.717, 1.165) is 77.0 Å². The summed E-state index contributed by atoms with van der Waals surface area (Å²) in [5.41, 5.74) is 0. The molecule has 0 spiro atoms. The van der Waals surface area contributed by atoms with Crippen molar-refractivity contribution in [2.75, 3.05) is 6.61 Å². The third-order valence-electron chi connectivity index (χ3n) is 14.1. The van der Waals surface area contributed by atoms with Gasteiger partial charge in [0.05, 0.1) is 18.8 Å². The highest BCUT2D eigenvalue weighted by atomic mass is 16.3. The SMILES string of the molecule is CC/C=C\C/C=C\C/C=C\C/C=C\C/C=C\C/C=C\C/C=C\C/C=C\CCCCCCCCCCCCC(=O)NC(CO)C(O)CCCCCCCCCCCCCCCCCCCCCCCCCCC. The number of rotatable bonds is 57. The zero-order valence-corrected chi connectivity index (χ0v) is 47.9. The summed E-state index contributed by atoms with van der Waals surface area (Å²) in [6.45, 7) is 4.26. The Balaban J connectivity index is 3.52. The molecule has 1 amide bonds. The zero-order valence-electron chi connectivity index (χ0n) is 47.9. The van der Waals surface area contributed by atoms with Gasteiger partial charge in [-0.3, -0.25) is 4.79 Å². The maximum absolute atomic E-state index is 12.5. The second kappa shape index (κ2) is 62.6. The molecule has 2 atom stereocenters. The lowest BCUT2D eigenvalue weighted by atomic mass is 10.0. The number of hydrogen-bond acceptors (Lipinski definition) is 3. The van der Waals surface area contributed by atoms with Crippen LogP contribution in [0.2, 0.25) is 0 Å². The Morgan fingerprint density at radius 3 is 0.917 bits per heavy atom. The number of carbonyl (C=O) groups excluding carboxylic acids is 1. The lowest BCUT2D eigenvalue weighted by molar-refractivity contribution is -0.123. The molecule has 4 nitrogen and oxygen atoms in total. The van der Waals surface area contributed by atoms with Crippen molar-refractivity contribution in [2.24, 2.45) is 0 Å². The smallest absolute Gasteiger partial charge is 0.220 e. The Hall–Kier alpha value is -2.69. The van der Waals surface area contributed by atoms with E-state index in [1.165, 1.54) is 205 Å². The first kappa shape index (κ1) is 69.3. The van der Waals surface area contributed by atoms with Crippen molar-refractivity contribution in [1.29, 1.82) is 0 Å². The molecule has 0 rings (SSSR count). The summed E-state index contributed by atoms with van der Waals surface area (Å²) >= 11 is 0. The molecule has 0 aromatic rings. The van der Waals surface area contributed by atoms with Gasteiger partial charge >= 0.3 is 0 Å².